The molecule has 0 saturated carbocycles. The molecule has 0 aliphatic heterocycles. The van der Waals surface area contributed by atoms with Crippen molar-refractivity contribution in [3.05, 3.63) is 71.3 Å². The maximum atomic E-state index is 12.7. The quantitative estimate of drug-likeness (QED) is 0.604. The lowest BCUT2D eigenvalue weighted by molar-refractivity contribution is -0.872. The van der Waals surface area contributed by atoms with Crippen molar-refractivity contribution in [1.82, 2.24) is 10.6 Å². The molecule has 0 fully saturated rings. The first-order valence-corrected chi connectivity index (χ1v) is 9.97. The summed E-state index contributed by atoms with van der Waals surface area (Å²) in [4.78, 5) is 26.2. The summed E-state index contributed by atoms with van der Waals surface area (Å²) in [6.07, 6.45) is -0.598. The van der Waals surface area contributed by atoms with Crippen molar-refractivity contribution >= 4 is 12.0 Å². The molecule has 2 rings (SSSR count). The average molecular weight is 399 g/mol. The molecule has 6 heteroatoms. The van der Waals surface area contributed by atoms with E-state index in [-0.39, 0.29) is 18.4 Å². The summed E-state index contributed by atoms with van der Waals surface area (Å²) in [7, 11) is 4.18. The van der Waals surface area contributed by atoms with Crippen LogP contribution in [-0.4, -0.2) is 32.1 Å². The second-order valence-corrected chi connectivity index (χ2v) is 7.80. The van der Waals surface area contributed by atoms with Gasteiger partial charge in [-0.1, -0.05) is 68.4 Å². The van der Waals surface area contributed by atoms with Crippen molar-refractivity contribution in [3.63, 3.8) is 0 Å². The number of amides is 2. The first kappa shape index (κ1) is 22.4. The van der Waals surface area contributed by atoms with Crippen LogP contribution in [0.25, 0.3) is 0 Å². The fraction of sp³-hybridized carbons (Fsp3) is 0.391. The van der Waals surface area contributed by atoms with E-state index in [4.69, 9.17) is 4.74 Å². The number of ether oxygens (including phenoxy) is 1. The van der Waals surface area contributed by atoms with Gasteiger partial charge in [0.15, 0.2) is 0 Å². The molecule has 0 aliphatic carbocycles. The number of nitrogens with one attached hydrogen (secondary N) is 3. The number of hydrogen-bond donors (Lipinski definition) is 3. The normalized spacial score (nSPS) is 11.9. The van der Waals surface area contributed by atoms with Crippen LogP contribution in [0.4, 0.5) is 4.79 Å². The molecule has 0 radical (unpaired) electrons. The van der Waals surface area contributed by atoms with Gasteiger partial charge in [0.2, 0.25) is 5.91 Å². The highest BCUT2D eigenvalue weighted by atomic mass is 16.5. The van der Waals surface area contributed by atoms with Crippen LogP contribution in [0.1, 0.15) is 30.5 Å². The van der Waals surface area contributed by atoms with E-state index in [1.54, 1.807) is 0 Å². The molecule has 2 aromatic rings. The Labute approximate surface area is 173 Å². The van der Waals surface area contributed by atoms with Crippen molar-refractivity contribution in [2.45, 2.75) is 39.6 Å². The van der Waals surface area contributed by atoms with Crippen LogP contribution in [0, 0.1) is 5.92 Å². The van der Waals surface area contributed by atoms with Gasteiger partial charge in [-0.2, -0.15) is 0 Å². The van der Waals surface area contributed by atoms with E-state index in [1.807, 2.05) is 62.4 Å². The number of quaternary nitrogens is 1. The molecule has 29 heavy (non-hydrogen) atoms. The van der Waals surface area contributed by atoms with Gasteiger partial charge in [-0.25, -0.2) is 4.79 Å². The third kappa shape index (κ3) is 7.58. The SMILES string of the molecule is CC(C)[C@H](NC(=O)OCc1ccccc1)C(=O)NCc1ccccc1C[NH+](C)C. The molecule has 2 amide bonds. The van der Waals surface area contributed by atoms with E-state index in [9.17, 15) is 9.59 Å². The number of alkyl carbamates (subject to hydrolysis) is 1. The third-order valence-electron chi connectivity index (χ3n) is 4.55. The molecule has 6 nitrogen and oxygen atoms in total. The van der Waals surface area contributed by atoms with Gasteiger partial charge in [0.05, 0.1) is 14.1 Å². The fourth-order valence-corrected chi connectivity index (χ4v) is 3.00. The molecule has 0 aliphatic rings. The minimum absolute atomic E-state index is 0.0688. The zero-order valence-corrected chi connectivity index (χ0v) is 17.7. The summed E-state index contributed by atoms with van der Waals surface area (Å²) in [5.41, 5.74) is 3.17. The number of carbonyl (C=O) groups is 2. The predicted molar refractivity (Wildman–Crippen MR) is 113 cm³/mol. The van der Waals surface area contributed by atoms with E-state index in [0.717, 1.165) is 17.7 Å². The van der Waals surface area contributed by atoms with E-state index in [2.05, 4.69) is 30.8 Å². The summed E-state index contributed by atoms with van der Waals surface area (Å²) in [5, 5.41) is 5.65. The summed E-state index contributed by atoms with van der Waals surface area (Å²) < 4.78 is 5.25. The van der Waals surface area contributed by atoms with Gasteiger partial charge < -0.3 is 20.3 Å². The Bertz CT molecular complexity index is 791. The first-order valence-electron chi connectivity index (χ1n) is 9.97. The minimum atomic E-state index is -0.662. The lowest BCUT2D eigenvalue weighted by atomic mass is 10.0. The molecule has 0 spiro atoms. The number of carbonyl (C=O) groups excluding carboxylic acids is 2. The van der Waals surface area contributed by atoms with Crippen molar-refractivity contribution < 1.29 is 19.2 Å². The van der Waals surface area contributed by atoms with Gasteiger partial charge >= 0.3 is 6.09 Å². The number of hydrogen-bond acceptors (Lipinski definition) is 3. The summed E-state index contributed by atoms with van der Waals surface area (Å²) in [6, 6.07) is 16.8. The molecule has 1 atom stereocenters. The molecular formula is C23H32N3O3+. The van der Waals surface area contributed by atoms with Gasteiger partial charge in [-0.15, -0.1) is 0 Å². The second kappa shape index (κ2) is 11.2. The summed E-state index contributed by atoms with van der Waals surface area (Å²) in [6.45, 7) is 5.26. The Morgan fingerprint density at radius 1 is 0.966 bits per heavy atom. The number of benzene rings is 2. The van der Waals surface area contributed by atoms with Gasteiger partial charge in [0.25, 0.3) is 0 Å². The van der Waals surface area contributed by atoms with Crippen molar-refractivity contribution in [2.75, 3.05) is 14.1 Å². The van der Waals surface area contributed by atoms with Crippen molar-refractivity contribution in [1.29, 1.82) is 0 Å². The topological polar surface area (TPSA) is 71.9 Å². The summed E-state index contributed by atoms with van der Waals surface area (Å²) >= 11 is 0. The molecule has 0 bridgehead atoms. The molecule has 0 aromatic heterocycles. The lowest BCUT2D eigenvalue weighted by Crippen LogP contribution is -3.04. The van der Waals surface area contributed by atoms with Crippen LogP contribution in [0.15, 0.2) is 54.6 Å². The van der Waals surface area contributed by atoms with Crippen molar-refractivity contribution in [3.8, 4) is 0 Å². The Hall–Kier alpha value is -2.86. The average Bonchev–Trinajstić information content (AvgIpc) is 2.69. The Morgan fingerprint density at radius 2 is 1.59 bits per heavy atom. The van der Waals surface area contributed by atoms with Crippen LogP contribution in [-0.2, 0) is 29.2 Å². The third-order valence-corrected chi connectivity index (χ3v) is 4.55. The second-order valence-electron chi connectivity index (χ2n) is 7.80. The minimum Gasteiger partial charge on any atom is -0.445 e. The van der Waals surface area contributed by atoms with Crippen LogP contribution in [0.2, 0.25) is 0 Å². The van der Waals surface area contributed by atoms with Gasteiger partial charge in [0.1, 0.15) is 19.2 Å². The fourth-order valence-electron chi connectivity index (χ4n) is 3.00. The number of rotatable bonds is 9. The first-order chi connectivity index (χ1) is 13.9. The highest BCUT2D eigenvalue weighted by Crippen LogP contribution is 2.09. The smallest absolute Gasteiger partial charge is 0.408 e. The highest BCUT2D eigenvalue weighted by Gasteiger charge is 2.25. The van der Waals surface area contributed by atoms with Crippen LogP contribution in [0.5, 0.6) is 0 Å². The van der Waals surface area contributed by atoms with E-state index in [0.29, 0.717) is 6.54 Å². The van der Waals surface area contributed by atoms with Crippen LogP contribution >= 0.6 is 0 Å². The Balaban J connectivity index is 1.91. The van der Waals surface area contributed by atoms with E-state index >= 15 is 0 Å². The van der Waals surface area contributed by atoms with E-state index in [1.165, 1.54) is 10.5 Å². The van der Waals surface area contributed by atoms with E-state index < -0.39 is 12.1 Å². The monoisotopic (exact) mass is 398 g/mol. The zero-order valence-electron chi connectivity index (χ0n) is 17.7. The molecule has 0 heterocycles. The molecule has 0 unspecified atom stereocenters. The summed E-state index contributed by atoms with van der Waals surface area (Å²) in [5.74, 6) is -0.288. The standard InChI is InChI=1S/C23H31N3O3/c1-17(2)21(25-23(28)29-16-18-10-6-5-7-11-18)22(27)24-14-19-12-8-9-13-20(19)15-26(3)4/h5-13,17,21H,14-16H2,1-4H3,(H,24,27)(H,25,28)/p+1/t21-/m0/s1. The van der Waals surface area contributed by atoms with Gasteiger partial charge in [0, 0.05) is 12.1 Å². The maximum absolute atomic E-state index is 12.7. The van der Waals surface area contributed by atoms with Crippen molar-refractivity contribution in [2.24, 2.45) is 5.92 Å². The lowest BCUT2D eigenvalue weighted by Gasteiger charge is -2.22. The molecule has 2 aromatic carbocycles. The largest absolute Gasteiger partial charge is 0.445 e. The predicted octanol–water partition coefficient (Wildman–Crippen LogP) is 1.90. The van der Waals surface area contributed by atoms with Gasteiger partial charge in [-0.05, 0) is 17.0 Å². The molecule has 3 N–H and O–H groups in total. The highest BCUT2D eigenvalue weighted by molar-refractivity contribution is 5.85. The van der Waals surface area contributed by atoms with Crippen LogP contribution in [0.3, 0.4) is 0 Å². The van der Waals surface area contributed by atoms with Crippen LogP contribution < -0.4 is 15.5 Å². The van der Waals surface area contributed by atoms with Gasteiger partial charge in [-0.3, -0.25) is 4.79 Å². The Morgan fingerprint density at radius 3 is 2.21 bits per heavy atom. The zero-order chi connectivity index (χ0) is 21.2. The Kier molecular flexibility index (Phi) is 8.68. The maximum Gasteiger partial charge on any atom is 0.408 e. The molecule has 0 saturated heterocycles. The molecule has 156 valence electrons. The molecular weight excluding hydrogens is 366 g/mol.